The maximum absolute atomic E-state index is 11.2. The molecule has 1 atom stereocenters. The Morgan fingerprint density at radius 1 is 1.52 bits per heavy atom. The number of amides is 1. The number of rotatable bonds is 4. The van der Waals surface area contributed by atoms with Gasteiger partial charge in [0, 0.05) is 24.4 Å². The minimum absolute atomic E-state index is 0.401. The number of thioether (sulfide) groups is 1. The molecular formula is C16H23N3OS. The lowest BCUT2D eigenvalue weighted by Crippen LogP contribution is -2.30. The molecule has 0 aliphatic carbocycles. The summed E-state index contributed by atoms with van der Waals surface area (Å²) in [5.74, 6) is 1.38. The third kappa shape index (κ3) is 3.79. The average molecular weight is 305 g/mol. The van der Waals surface area contributed by atoms with Crippen molar-refractivity contribution in [3.8, 4) is 0 Å². The number of carbonyl (C=O) groups is 1. The summed E-state index contributed by atoms with van der Waals surface area (Å²) in [6, 6.07) is 5.96. The molecule has 5 heteroatoms. The molecule has 1 aromatic rings. The van der Waals surface area contributed by atoms with E-state index in [0.29, 0.717) is 17.5 Å². The number of hydrogen-bond acceptors (Lipinski definition) is 3. The molecule has 0 aromatic heterocycles. The second kappa shape index (κ2) is 6.52. The van der Waals surface area contributed by atoms with Crippen LogP contribution in [0.5, 0.6) is 0 Å². The van der Waals surface area contributed by atoms with E-state index < -0.39 is 5.91 Å². The molecule has 1 fully saturated rings. The quantitative estimate of drug-likeness (QED) is 0.929. The van der Waals surface area contributed by atoms with Crippen LogP contribution in [0, 0.1) is 12.8 Å². The molecule has 114 valence electrons. The maximum Gasteiger partial charge on any atom is 0.248 e. The SMILES string of the molecule is Cc1cc(C(N)=O)ccc1N=C1SCC(CC(C)C)N1C. The highest BCUT2D eigenvalue weighted by Crippen LogP contribution is 2.30. The summed E-state index contributed by atoms with van der Waals surface area (Å²) < 4.78 is 0. The van der Waals surface area contributed by atoms with E-state index in [-0.39, 0.29) is 0 Å². The van der Waals surface area contributed by atoms with Gasteiger partial charge in [0.05, 0.1) is 5.69 Å². The Balaban J connectivity index is 2.19. The lowest BCUT2D eigenvalue weighted by molar-refractivity contribution is 0.1000. The van der Waals surface area contributed by atoms with E-state index in [1.807, 2.05) is 13.0 Å². The van der Waals surface area contributed by atoms with Crippen LogP contribution < -0.4 is 5.73 Å². The zero-order valence-corrected chi connectivity index (χ0v) is 13.9. The van der Waals surface area contributed by atoms with Crippen molar-refractivity contribution < 1.29 is 4.79 Å². The molecule has 0 bridgehead atoms. The van der Waals surface area contributed by atoms with E-state index in [0.717, 1.165) is 22.2 Å². The molecule has 1 amide bonds. The van der Waals surface area contributed by atoms with Gasteiger partial charge in [-0.2, -0.15) is 0 Å². The highest BCUT2D eigenvalue weighted by molar-refractivity contribution is 8.14. The molecule has 1 heterocycles. The molecule has 0 radical (unpaired) electrons. The molecule has 21 heavy (non-hydrogen) atoms. The number of nitrogens with two attached hydrogens (primary N) is 1. The molecule has 0 saturated carbocycles. The molecule has 0 spiro atoms. The van der Waals surface area contributed by atoms with Crippen molar-refractivity contribution >= 4 is 28.5 Å². The van der Waals surface area contributed by atoms with Gasteiger partial charge in [-0.05, 0) is 43.0 Å². The van der Waals surface area contributed by atoms with Crippen molar-refractivity contribution in [1.29, 1.82) is 0 Å². The van der Waals surface area contributed by atoms with E-state index in [4.69, 9.17) is 10.7 Å². The molecule has 2 rings (SSSR count). The Hall–Kier alpha value is -1.49. The van der Waals surface area contributed by atoms with E-state index in [9.17, 15) is 4.79 Å². The lowest BCUT2D eigenvalue weighted by atomic mass is 10.0. The minimum Gasteiger partial charge on any atom is -0.366 e. The van der Waals surface area contributed by atoms with Gasteiger partial charge in [0.2, 0.25) is 5.91 Å². The second-order valence-corrected chi connectivity index (χ2v) is 6.95. The Bertz CT molecular complexity index is 569. The molecule has 1 aliphatic heterocycles. The number of nitrogens with zero attached hydrogens (tertiary/aromatic N) is 2. The van der Waals surface area contributed by atoms with Crippen molar-refractivity contribution in [3.05, 3.63) is 29.3 Å². The first-order valence-corrected chi connectivity index (χ1v) is 8.21. The van der Waals surface area contributed by atoms with E-state index in [1.165, 1.54) is 6.42 Å². The first-order valence-electron chi connectivity index (χ1n) is 7.23. The standard InChI is InChI=1S/C16H23N3OS/c1-10(2)7-13-9-21-16(19(13)4)18-14-6-5-12(15(17)20)8-11(14)3/h5-6,8,10,13H,7,9H2,1-4H3,(H2,17,20). The molecule has 1 aliphatic rings. The van der Waals surface area contributed by atoms with Crippen molar-refractivity contribution in [2.45, 2.75) is 33.2 Å². The Morgan fingerprint density at radius 3 is 2.81 bits per heavy atom. The summed E-state index contributed by atoms with van der Waals surface area (Å²) in [6.45, 7) is 6.46. The molecule has 2 N–H and O–H groups in total. The van der Waals surface area contributed by atoms with Crippen LogP contribution in [0.15, 0.2) is 23.2 Å². The van der Waals surface area contributed by atoms with Crippen molar-refractivity contribution in [2.75, 3.05) is 12.8 Å². The van der Waals surface area contributed by atoms with Gasteiger partial charge in [0.25, 0.3) is 0 Å². The zero-order chi connectivity index (χ0) is 15.6. The summed E-state index contributed by atoms with van der Waals surface area (Å²) in [7, 11) is 2.11. The number of aliphatic imine (C=N–C) groups is 1. The molecule has 4 nitrogen and oxygen atoms in total. The van der Waals surface area contributed by atoms with Gasteiger partial charge < -0.3 is 10.6 Å². The predicted octanol–water partition coefficient (Wildman–Crippen LogP) is 3.17. The van der Waals surface area contributed by atoms with Gasteiger partial charge in [-0.1, -0.05) is 25.6 Å². The third-order valence-corrected chi connectivity index (χ3v) is 4.88. The Labute approximate surface area is 130 Å². The molecular weight excluding hydrogens is 282 g/mol. The van der Waals surface area contributed by atoms with E-state index in [1.54, 1.807) is 23.9 Å². The Morgan fingerprint density at radius 2 is 2.24 bits per heavy atom. The molecule has 1 saturated heterocycles. The number of benzene rings is 1. The second-order valence-electron chi connectivity index (χ2n) is 5.97. The van der Waals surface area contributed by atoms with Gasteiger partial charge in [-0.3, -0.25) is 4.79 Å². The van der Waals surface area contributed by atoms with Crippen LogP contribution in [-0.2, 0) is 0 Å². The summed E-state index contributed by atoms with van der Waals surface area (Å²) in [4.78, 5) is 18.2. The third-order valence-electron chi connectivity index (χ3n) is 3.70. The topological polar surface area (TPSA) is 58.7 Å². The fourth-order valence-electron chi connectivity index (χ4n) is 2.46. The van der Waals surface area contributed by atoms with Gasteiger partial charge in [-0.15, -0.1) is 0 Å². The smallest absolute Gasteiger partial charge is 0.248 e. The Kier molecular flexibility index (Phi) is 4.93. The number of aryl methyl sites for hydroxylation is 1. The number of hydrogen-bond donors (Lipinski definition) is 1. The largest absolute Gasteiger partial charge is 0.366 e. The lowest BCUT2D eigenvalue weighted by Gasteiger charge is -2.22. The van der Waals surface area contributed by atoms with E-state index >= 15 is 0 Å². The zero-order valence-electron chi connectivity index (χ0n) is 13.1. The first kappa shape index (κ1) is 15.9. The summed E-state index contributed by atoms with van der Waals surface area (Å²) in [5.41, 5.74) is 7.70. The summed E-state index contributed by atoms with van der Waals surface area (Å²) in [5, 5.41) is 1.05. The van der Waals surface area contributed by atoms with Gasteiger partial charge in [0.15, 0.2) is 5.17 Å². The first-order chi connectivity index (χ1) is 9.88. The minimum atomic E-state index is -0.401. The van der Waals surface area contributed by atoms with Gasteiger partial charge in [0.1, 0.15) is 0 Å². The number of primary amides is 1. The van der Waals surface area contributed by atoms with Crippen molar-refractivity contribution in [1.82, 2.24) is 4.90 Å². The van der Waals surface area contributed by atoms with Crippen LogP contribution >= 0.6 is 11.8 Å². The monoisotopic (exact) mass is 305 g/mol. The van der Waals surface area contributed by atoms with Crippen LogP contribution in [0.25, 0.3) is 0 Å². The average Bonchev–Trinajstić information content (AvgIpc) is 2.73. The highest BCUT2D eigenvalue weighted by atomic mass is 32.2. The van der Waals surface area contributed by atoms with Crippen LogP contribution in [0.4, 0.5) is 5.69 Å². The van der Waals surface area contributed by atoms with Gasteiger partial charge in [-0.25, -0.2) is 4.99 Å². The fourth-order valence-corrected chi connectivity index (χ4v) is 3.68. The van der Waals surface area contributed by atoms with Crippen LogP contribution in [0.1, 0.15) is 36.2 Å². The van der Waals surface area contributed by atoms with Crippen LogP contribution in [0.3, 0.4) is 0 Å². The van der Waals surface area contributed by atoms with Crippen LogP contribution in [-0.4, -0.2) is 34.8 Å². The molecule has 1 aromatic carbocycles. The molecule has 1 unspecified atom stereocenters. The van der Waals surface area contributed by atoms with Crippen LogP contribution in [0.2, 0.25) is 0 Å². The normalized spacial score (nSPS) is 20.5. The van der Waals surface area contributed by atoms with Crippen molar-refractivity contribution in [2.24, 2.45) is 16.6 Å². The number of carbonyl (C=O) groups excluding carboxylic acids is 1. The summed E-state index contributed by atoms with van der Waals surface area (Å²) >= 11 is 1.80. The number of amidine groups is 1. The van der Waals surface area contributed by atoms with E-state index in [2.05, 4.69) is 25.8 Å². The summed E-state index contributed by atoms with van der Waals surface area (Å²) in [6.07, 6.45) is 1.18. The van der Waals surface area contributed by atoms with Crippen molar-refractivity contribution in [3.63, 3.8) is 0 Å². The maximum atomic E-state index is 11.2. The highest BCUT2D eigenvalue weighted by Gasteiger charge is 2.27. The fraction of sp³-hybridized carbons (Fsp3) is 0.500. The predicted molar refractivity (Wildman–Crippen MR) is 90.3 cm³/mol. The van der Waals surface area contributed by atoms with Gasteiger partial charge >= 0.3 is 0 Å².